The predicted octanol–water partition coefficient (Wildman–Crippen LogP) is 2.95. The summed E-state index contributed by atoms with van der Waals surface area (Å²) in [7, 11) is 0. The molecule has 0 saturated carbocycles. The first-order valence-corrected chi connectivity index (χ1v) is 7.98. The van der Waals surface area contributed by atoms with Gasteiger partial charge in [-0.15, -0.1) is 0 Å². The Bertz CT molecular complexity index is 692. The minimum absolute atomic E-state index is 0.156. The first-order valence-electron chi connectivity index (χ1n) is 7.60. The third-order valence-corrected chi connectivity index (χ3v) is 3.68. The number of amides is 1. The highest BCUT2D eigenvalue weighted by molar-refractivity contribution is 6.30. The van der Waals surface area contributed by atoms with E-state index in [1.165, 1.54) is 0 Å². The summed E-state index contributed by atoms with van der Waals surface area (Å²) in [5.41, 5.74) is 1.65. The Hall–Kier alpha value is -2.37. The monoisotopic (exact) mass is 346 g/mol. The van der Waals surface area contributed by atoms with E-state index in [1.54, 1.807) is 24.3 Å². The van der Waals surface area contributed by atoms with Crippen molar-refractivity contribution < 1.29 is 14.7 Å². The number of benzene rings is 2. The molecule has 2 aromatic carbocycles. The van der Waals surface area contributed by atoms with Crippen LogP contribution in [0.2, 0.25) is 5.02 Å². The quantitative estimate of drug-likeness (QED) is 0.686. The first kappa shape index (κ1) is 18.0. The molecule has 1 atom stereocenters. The van der Waals surface area contributed by atoms with E-state index < -0.39 is 12.0 Å². The van der Waals surface area contributed by atoms with Crippen LogP contribution in [0.5, 0.6) is 0 Å². The summed E-state index contributed by atoms with van der Waals surface area (Å²) < 4.78 is 0. The van der Waals surface area contributed by atoms with Gasteiger partial charge >= 0.3 is 5.97 Å². The molecule has 2 rings (SSSR count). The van der Waals surface area contributed by atoms with Crippen molar-refractivity contribution in [1.29, 1.82) is 0 Å². The molecule has 0 aliphatic heterocycles. The van der Waals surface area contributed by atoms with Crippen LogP contribution in [-0.4, -0.2) is 29.6 Å². The van der Waals surface area contributed by atoms with Crippen molar-refractivity contribution in [2.24, 2.45) is 0 Å². The highest BCUT2D eigenvalue weighted by Gasteiger charge is 2.20. The van der Waals surface area contributed by atoms with Gasteiger partial charge in [-0.25, -0.2) is 0 Å². The van der Waals surface area contributed by atoms with Gasteiger partial charge in [0.15, 0.2) is 0 Å². The number of halogens is 1. The molecule has 0 bridgehead atoms. The van der Waals surface area contributed by atoms with E-state index in [0.717, 1.165) is 5.56 Å². The molecule has 0 spiro atoms. The molecule has 126 valence electrons. The van der Waals surface area contributed by atoms with E-state index in [2.05, 4.69) is 10.6 Å². The second-order valence-corrected chi connectivity index (χ2v) is 5.78. The number of hydrogen-bond donors (Lipinski definition) is 3. The molecule has 5 nitrogen and oxygen atoms in total. The Morgan fingerprint density at radius 2 is 1.83 bits per heavy atom. The standard InChI is InChI=1S/C18H19ClN2O3/c19-14-7-4-8-15(11-14)21-17(22)12-16(18(23)24)20-10-9-13-5-2-1-3-6-13/h1-8,11,16,20H,9-10,12H2,(H,21,22)(H,23,24)/t16-/m1/s1. The summed E-state index contributed by atoms with van der Waals surface area (Å²) in [6, 6.07) is 15.5. The van der Waals surface area contributed by atoms with Gasteiger partial charge in [0.05, 0.1) is 6.42 Å². The van der Waals surface area contributed by atoms with Crippen molar-refractivity contribution in [3.05, 3.63) is 65.2 Å². The zero-order valence-corrected chi connectivity index (χ0v) is 13.8. The van der Waals surface area contributed by atoms with Crippen molar-refractivity contribution in [1.82, 2.24) is 5.32 Å². The SMILES string of the molecule is O=C(C[C@@H](NCCc1ccccc1)C(=O)O)Nc1cccc(Cl)c1. The van der Waals surface area contributed by atoms with E-state index in [9.17, 15) is 14.7 Å². The molecule has 2 aromatic rings. The normalized spacial score (nSPS) is 11.7. The molecule has 0 saturated heterocycles. The smallest absolute Gasteiger partial charge is 0.321 e. The summed E-state index contributed by atoms with van der Waals surface area (Å²) in [6.45, 7) is 0.478. The number of nitrogens with one attached hydrogen (secondary N) is 2. The number of rotatable bonds is 8. The van der Waals surface area contributed by atoms with Gasteiger partial charge in [0.2, 0.25) is 5.91 Å². The molecule has 0 aromatic heterocycles. The van der Waals surface area contributed by atoms with Crippen LogP contribution < -0.4 is 10.6 Å². The maximum absolute atomic E-state index is 12.0. The zero-order chi connectivity index (χ0) is 17.4. The van der Waals surface area contributed by atoms with Crippen LogP contribution in [0, 0.1) is 0 Å². The van der Waals surface area contributed by atoms with Crippen molar-refractivity contribution in [3.8, 4) is 0 Å². The third kappa shape index (κ3) is 6.02. The molecule has 0 radical (unpaired) electrons. The van der Waals surface area contributed by atoms with Gasteiger partial charge in [-0.1, -0.05) is 48.0 Å². The number of carbonyl (C=O) groups excluding carboxylic acids is 1. The molecule has 0 aliphatic rings. The van der Waals surface area contributed by atoms with E-state index in [4.69, 9.17) is 11.6 Å². The summed E-state index contributed by atoms with van der Waals surface area (Å²) in [4.78, 5) is 23.3. The van der Waals surface area contributed by atoms with Crippen molar-refractivity contribution in [3.63, 3.8) is 0 Å². The molecular weight excluding hydrogens is 328 g/mol. The Morgan fingerprint density at radius 3 is 2.50 bits per heavy atom. The average Bonchev–Trinajstić information content (AvgIpc) is 2.54. The second-order valence-electron chi connectivity index (χ2n) is 5.34. The van der Waals surface area contributed by atoms with Gasteiger partial charge < -0.3 is 15.7 Å². The van der Waals surface area contributed by atoms with Crippen LogP contribution in [0.15, 0.2) is 54.6 Å². The van der Waals surface area contributed by atoms with Crippen molar-refractivity contribution in [2.45, 2.75) is 18.9 Å². The summed E-state index contributed by atoms with van der Waals surface area (Å²) in [5, 5.41) is 15.3. The Kier molecular flexibility index (Phi) is 6.78. The van der Waals surface area contributed by atoms with Crippen LogP contribution in [0.4, 0.5) is 5.69 Å². The molecule has 0 heterocycles. The predicted molar refractivity (Wildman–Crippen MR) is 94.3 cm³/mol. The number of carboxylic acid groups (broad SMARTS) is 1. The van der Waals surface area contributed by atoms with Crippen LogP contribution in [0.3, 0.4) is 0 Å². The largest absolute Gasteiger partial charge is 0.480 e. The van der Waals surface area contributed by atoms with Gasteiger partial charge in [0, 0.05) is 10.7 Å². The van der Waals surface area contributed by atoms with Gasteiger partial charge in [-0.3, -0.25) is 9.59 Å². The Morgan fingerprint density at radius 1 is 1.08 bits per heavy atom. The minimum Gasteiger partial charge on any atom is -0.480 e. The maximum atomic E-state index is 12.0. The van der Waals surface area contributed by atoms with Crippen molar-refractivity contribution >= 4 is 29.2 Å². The highest BCUT2D eigenvalue weighted by atomic mass is 35.5. The maximum Gasteiger partial charge on any atom is 0.321 e. The zero-order valence-electron chi connectivity index (χ0n) is 13.0. The first-order chi connectivity index (χ1) is 11.5. The summed E-state index contributed by atoms with van der Waals surface area (Å²) in [5.74, 6) is -1.43. The Balaban J connectivity index is 1.84. The molecular formula is C18H19ClN2O3. The van der Waals surface area contributed by atoms with Gasteiger partial charge in [0.1, 0.15) is 6.04 Å². The molecule has 6 heteroatoms. The van der Waals surface area contributed by atoms with E-state index in [0.29, 0.717) is 23.7 Å². The van der Waals surface area contributed by atoms with Gasteiger partial charge in [-0.05, 0) is 36.7 Å². The van der Waals surface area contributed by atoms with Crippen LogP contribution in [0.1, 0.15) is 12.0 Å². The minimum atomic E-state index is -1.05. The fourth-order valence-electron chi connectivity index (χ4n) is 2.25. The molecule has 0 aliphatic carbocycles. The van der Waals surface area contributed by atoms with E-state index in [1.807, 2.05) is 30.3 Å². The highest BCUT2D eigenvalue weighted by Crippen LogP contribution is 2.15. The lowest BCUT2D eigenvalue weighted by molar-refractivity contribution is -0.141. The molecule has 24 heavy (non-hydrogen) atoms. The fraction of sp³-hybridized carbons (Fsp3) is 0.222. The average molecular weight is 347 g/mol. The lowest BCUT2D eigenvalue weighted by Crippen LogP contribution is -2.40. The number of hydrogen-bond acceptors (Lipinski definition) is 3. The number of aliphatic carboxylic acids is 1. The van der Waals surface area contributed by atoms with Crippen molar-refractivity contribution in [2.75, 3.05) is 11.9 Å². The summed E-state index contributed by atoms with van der Waals surface area (Å²) >= 11 is 5.85. The lowest BCUT2D eigenvalue weighted by Gasteiger charge is -2.14. The topological polar surface area (TPSA) is 78.4 Å². The number of carboxylic acids is 1. The molecule has 3 N–H and O–H groups in total. The fourth-order valence-corrected chi connectivity index (χ4v) is 2.44. The van der Waals surface area contributed by atoms with E-state index in [-0.39, 0.29) is 12.3 Å². The summed E-state index contributed by atoms with van der Waals surface area (Å²) in [6.07, 6.45) is 0.539. The van der Waals surface area contributed by atoms with Gasteiger partial charge in [0.25, 0.3) is 0 Å². The third-order valence-electron chi connectivity index (χ3n) is 3.44. The van der Waals surface area contributed by atoms with Gasteiger partial charge in [-0.2, -0.15) is 0 Å². The van der Waals surface area contributed by atoms with Crippen LogP contribution >= 0.6 is 11.6 Å². The van der Waals surface area contributed by atoms with Crippen LogP contribution in [0.25, 0.3) is 0 Å². The number of carbonyl (C=O) groups is 2. The molecule has 0 fully saturated rings. The lowest BCUT2D eigenvalue weighted by atomic mass is 10.1. The number of anilines is 1. The van der Waals surface area contributed by atoms with E-state index >= 15 is 0 Å². The molecule has 0 unspecified atom stereocenters. The second kappa shape index (κ2) is 9.05. The van der Waals surface area contributed by atoms with Crippen LogP contribution in [-0.2, 0) is 16.0 Å². The molecule has 1 amide bonds. The Labute approximate surface area is 145 Å².